The Bertz CT molecular complexity index is 924. The van der Waals surface area contributed by atoms with Crippen molar-refractivity contribution >= 4 is 0 Å². The number of aromatic amines is 1. The predicted molar refractivity (Wildman–Crippen MR) is 108 cm³/mol. The molecule has 3 heterocycles. The lowest BCUT2D eigenvalue weighted by Crippen LogP contribution is -2.54. The number of rotatable bonds is 3. The van der Waals surface area contributed by atoms with E-state index < -0.39 is 5.79 Å². The summed E-state index contributed by atoms with van der Waals surface area (Å²) in [5.74, 6) is 0.482. The second-order valence-corrected chi connectivity index (χ2v) is 8.31. The summed E-state index contributed by atoms with van der Waals surface area (Å²) in [6, 6.07) is 10.6. The largest absolute Gasteiger partial charge is 0.462 e. The van der Waals surface area contributed by atoms with Gasteiger partial charge >= 0.3 is 0 Å². The average Bonchev–Trinajstić information content (AvgIpc) is 2.68. The van der Waals surface area contributed by atoms with Gasteiger partial charge in [0.15, 0.2) is 0 Å². The zero-order valence-electron chi connectivity index (χ0n) is 16.5. The molecule has 0 unspecified atom stereocenters. The Kier molecular flexibility index (Phi) is 4.52. The molecule has 0 atom stereocenters. The van der Waals surface area contributed by atoms with Gasteiger partial charge in [-0.25, -0.2) is 0 Å². The van der Waals surface area contributed by atoms with E-state index in [0.717, 1.165) is 66.5 Å². The minimum atomic E-state index is -0.457. The molecule has 2 aromatic rings. The molecule has 0 amide bonds. The van der Waals surface area contributed by atoms with E-state index in [9.17, 15) is 4.79 Å². The van der Waals surface area contributed by atoms with Crippen molar-refractivity contribution in [3.63, 3.8) is 0 Å². The Morgan fingerprint density at radius 2 is 2.00 bits per heavy atom. The van der Waals surface area contributed by atoms with Gasteiger partial charge in [0.2, 0.25) is 11.3 Å². The van der Waals surface area contributed by atoms with E-state index in [0.29, 0.717) is 6.61 Å². The molecule has 0 radical (unpaired) electrons. The summed E-state index contributed by atoms with van der Waals surface area (Å²) in [6.07, 6.45) is 6.74. The maximum absolute atomic E-state index is 11.6. The second-order valence-electron chi connectivity index (χ2n) is 8.31. The molecule has 1 aromatic heterocycles. The molecule has 2 aliphatic heterocycles. The quantitative estimate of drug-likeness (QED) is 0.879. The highest BCUT2D eigenvalue weighted by atomic mass is 16.7. The first-order chi connectivity index (χ1) is 13.7. The molecule has 1 spiro atoms. The molecule has 5 heteroatoms. The number of H-pyrrole nitrogens is 1. The van der Waals surface area contributed by atoms with Crippen LogP contribution >= 0.6 is 0 Å². The van der Waals surface area contributed by atoms with Crippen LogP contribution in [0.25, 0.3) is 11.1 Å². The first kappa shape index (κ1) is 18.0. The molecule has 2 fully saturated rings. The Morgan fingerprint density at radius 3 is 2.71 bits per heavy atom. The summed E-state index contributed by atoms with van der Waals surface area (Å²) in [5, 5.41) is 0. The molecule has 28 heavy (non-hydrogen) atoms. The van der Waals surface area contributed by atoms with Crippen LogP contribution in [0, 0.1) is 0 Å². The maximum atomic E-state index is 11.6. The number of benzene rings is 1. The van der Waals surface area contributed by atoms with Gasteiger partial charge in [-0.2, -0.15) is 0 Å². The van der Waals surface area contributed by atoms with Crippen LogP contribution in [0.15, 0.2) is 35.1 Å². The van der Waals surface area contributed by atoms with Gasteiger partial charge in [-0.05, 0) is 43.0 Å². The number of likely N-dealkylation sites (tertiary alicyclic amines) is 1. The molecule has 5 nitrogen and oxygen atoms in total. The summed E-state index contributed by atoms with van der Waals surface area (Å²) in [5.41, 5.74) is 4.15. The predicted octanol–water partition coefficient (Wildman–Crippen LogP) is 3.86. The van der Waals surface area contributed by atoms with Crippen molar-refractivity contribution in [1.29, 1.82) is 0 Å². The fourth-order valence-electron chi connectivity index (χ4n) is 4.69. The highest BCUT2D eigenvalue weighted by Crippen LogP contribution is 2.40. The van der Waals surface area contributed by atoms with Gasteiger partial charge in [-0.3, -0.25) is 9.69 Å². The van der Waals surface area contributed by atoms with E-state index in [1.54, 1.807) is 6.07 Å². The Hall–Kier alpha value is -2.11. The van der Waals surface area contributed by atoms with Crippen molar-refractivity contribution in [2.75, 3.05) is 13.1 Å². The zero-order chi connectivity index (χ0) is 19.1. The monoisotopic (exact) mass is 380 g/mol. The Morgan fingerprint density at radius 1 is 1.18 bits per heavy atom. The van der Waals surface area contributed by atoms with E-state index >= 15 is 0 Å². The van der Waals surface area contributed by atoms with Crippen molar-refractivity contribution in [3.05, 3.63) is 51.9 Å². The van der Waals surface area contributed by atoms with Gasteiger partial charge in [0, 0.05) is 54.9 Å². The third kappa shape index (κ3) is 3.16. The van der Waals surface area contributed by atoms with Crippen LogP contribution in [0.1, 0.15) is 50.3 Å². The van der Waals surface area contributed by atoms with Crippen molar-refractivity contribution < 1.29 is 9.47 Å². The van der Waals surface area contributed by atoms with Gasteiger partial charge in [0.25, 0.3) is 0 Å². The number of nitrogens with one attached hydrogen (secondary N) is 1. The average molecular weight is 380 g/mol. The fraction of sp³-hybridized carbons (Fsp3) is 0.522. The SMILES string of the molecule is CCc1[nH]c(=O)ccc1-c1ccc2c(c1)COC1(CCN(C3CCC3)CC1)O2. The van der Waals surface area contributed by atoms with E-state index in [2.05, 4.69) is 35.0 Å². The number of ether oxygens (including phenoxy) is 2. The zero-order valence-corrected chi connectivity index (χ0v) is 16.5. The van der Waals surface area contributed by atoms with Gasteiger partial charge in [-0.1, -0.05) is 19.4 Å². The van der Waals surface area contributed by atoms with Crippen LogP contribution < -0.4 is 10.3 Å². The maximum Gasteiger partial charge on any atom is 0.248 e. The number of aromatic nitrogens is 1. The standard InChI is InChI=1S/C23H28N2O3/c1-2-20-19(7-9-22(26)24-20)16-6-8-21-17(14-16)15-27-23(28-21)10-12-25(13-11-23)18-4-3-5-18/h6-9,14,18H,2-5,10-13,15H2,1H3,(H,24,26). The lowest BCUT2D eigenvalue weighted by molar-refractivity contribution is -0.231. The summed E-state index contributed by atoms with van der Waals surface area (Å²) in [7, 11) is 0. The van der Waals surface area contributed by atoms with Crippen molar-refractivity contribution in [2.45, 2.75) is 63.9 Å². The fourth-order valence-corrected chi connectivity index (χ4v) is 4.69. The van der Waals surface area contributed by atoms with Crippen LogP contribution in [-0.2, 0) is 17.8 Å². The van der Waals surface area contributed by atoms with Gasteiger partial charge in [0.05, 0.1) is 6.61 Å². The van der Waals surface area contributed by atoms with E-state index in [1.165, 1.54) is 19.3 Å². The number of fused-ring (bicyclic) bond motifs is 1. The highest BCUT2D eigenvalue weighted by molar-refractivity contribution is 5.68. The molecule has 148 valence electrons. The topological polar surface area (TPSA) is 54.6 Å². The number of aryl methyl sites for hydroxylation is 1. The summed E-state index contributed by atoms with van der Waals surface area (Å²) < 4.78 is 12.7. The third-order valence-corrected chi connectivity index (χ3v) is 6.66. The van der Waals surface area contributed by atoms with Gasteiger partial charge in [-0.15, -0.1) is 0 Å². The first-order valence-corrected chi connectivity index (χ1v) is 10.6. The van der Waals surface area contributed by atoms with Crippen molar-refractivity contribution in [1.82, 2.24) is 9.88 Å². The molecular formula is C23H28N2O3. The van der Waals surface area contributed by atoms with E-state index in [1.807, 2.05) is 6.07 Å². The lowest BCUT2D eigenvalue weighted by atomic mass is 9.89. The third-order valence-electron chi connectivity index (χ3n) is 6.66. The summed E-state index contributed by atoms with van der Waals surface area (Å²) >= 11 is 0. The number of pyridine rings is 1. The molecule has 5 rings (SSSR count). The van der Waals surface area contributed by atoms with Crippen molar-refractivity contribution in [3.8, 4) is 16.9 Å². The second kappa shape index (κ2) is 7.05. The van der Waals surface area contributed by atoms with Crippen LogP contribution in [-0.4, -0.2) is 34.8 Å². The van der Waals surface area contributed by atoms with Gasteiger partial charge in [0.1, 0.15) is 5.75 Å². The molecule has 1 saturated carbocycles. The van der Waals surface area contributed by atoms with Crippen molar-refractivity contribution in [2.24, 2.45) is 0 Å². The van der Waals surface area contributed by atoms with E-state index in [-0.39, 0.29) is 5.56 Å². The lowest BCUT2D eigenvalue weighted by Gasteiger charge is -2.47. The number of hydrogen-bond donors (Lipinski definition) is 1. The summed E-state index contributed by atoms with van der Waals surface area (Å²) in [6.45, 7) is 4.77. The molecule has 3 aliphatic rings. The minimum Gasteiger partial charge on any atom is -0.462 e. The van der Waals surface area contributed by atoms with Crippen LogP contribution in [0.2, 0.25) is 0 Å². The molecule has 1 N–H and O–H groups in total. The molecule has 1 aliphatic carbocycles. The Balaban J connectivity index is 1.35. The van der Waals surface area contributed by atoms with Crippen LogP contribution in [0.5, 0.6) is 5.75 Å². The molecule has 1 saturated heterocycles. The minimum absolute atomic E-state index is 0.0552. The van der Waals surface area contributed by atoms with E-state index in [4.69, 9.17) is 9.47 Å². The van der Waals surface area contributed by atoms with Crippen LogP contribution in [0.3, 0.4) is 0 Å². The number of nitrogens with zero attached hydrogens (tertiary/aromatic N) is 1. The molecule has 1 aromatic carbocycles. The number of hydrogen-bond acceptors (Lipinski definition) is 4. The Labute approximate surface area is 165 Å². The molecule has 0 bridgehead atoms. The normalized spacial score (nSPS) is 21.8. The molecular weight excluding hydrogens is 352 g/mol. The van der Waals surface area contributed by atoms with Gasteiger partial charge < -0.3 is 14.5 Å². The summed E-state index contributed by atoms with van der Waals surface area (Å²) in [4.78, 5) is 17.2. The number of piperidine rings is 1. The van der Waals surface area contributed by atoms with Crippen LogP contribution in [0.4, 0.5) is 0 Å². The first-order valence-electron chi connectivity index (χ1n) is 10.6. The highest BCUT2D eigenvalue weighted by Gasteiger charge is 2.42. The smallest absolute Gasteiger partial charge is 0.248 e.